The van der Waals surface area contributed by atoms with Gasteiger partial charge in [0.2, 0.25) is 11.8 Å². The monoisotopic (exact) mass is 317 g/mol. The van der Waals surface area contributed by atoms with Crippen molar-refractivity contribution in [1.29, 1.82) is 0 Å². The maximum Gasteiger partial charge on any atom is 0.248 e. The van der Waals surface area contributed by atoms with Crippen molar-refractivity contribution in [3.63, 3.8) is 0 Å². The van der Waals surface area contributed by atoms with Gasteiger partial charge in [0.05, 0.1) is 5.75 Å². The molecule has 1 aliphatic rings. The second-order valence-corrected chi connectivity index (χ2v) is 6.59. The van der Waals surface area contributed by atoms with Crippen molar-refractivity contribution in [2.75, 3.05) is 5.75 Å². The highest BCUT2D eigenvalue weighted by atomic mass is 32.2. The Morgan fingerprint density at radius 2 is 2.23 bits per heavy atom. The fourth-order valence-electron chi connectivity index (χ4n) is 2.62. The number of hydrogen-bond donors (Lipinski definition) is 1. The molecule has 1 atom stereocenters. The van der Waals surface area contributed by atoms with Gasteiger partial charge in [0.25, 0.3) is 0 Å². The van der Waals surface area contributed by atoms with Gasteiger partial charge in [-0.05, 0) is 56.4 Å². The number of fused-ring (bicyclic) bond motifs is 1. The summed E-state index contributed by atoms with van der Waals surface area (Å²) in [5.74, 6) is 1.36. The lowest BCUT2D eigenvalue weighted by atomic mass is 10.1. The van der Waals surface area contributed by atoms with E-state index in [0.717, 1.165) is 11.3 Å². The normalized spacial score (nSPS) is 14.6. The molecule has 22 heavy (non-hydrogen) atoms. The van der Waals surface area contributed by atoms with Crippen LogP contribution in [-0.2, 0) is 17.6 Å². The van der Waals surface area contributed by atoms with Crippen LogP contribution in [0, 0.1) is 6.92 Å². The average Bonchev–Trinajstić information content (AvgIpc) is 3.13. The molecule has 0 aliphatic heterocycles. The van der Waals surface area contributed by atoms with Gasteiger partial charge < -0.3 is 9.84 Å². The quantitative estimate of drug-likeness (QED) is 0.859. The summed E-state index contributed by atoms with van der Waals surface area (Å²) in [4.78, 5) is 17.3. The minimum Gasteiger partial charge on any atom is -0.344 e. The van der Waals surface area contributed by atoms with Crippen LogP contribution in [0.15, 0.2) is 27.6 Å². The van der Waals surface area contributed by atoms with E-state index in [9.17, 15) is 4.79 Å². The first-order valence-corrected chi connectivity index (χ1v) is 8.44. The molecule has 2 aromatic rings. The van der Waals surface area contributed by atoms with Crippen LogP contribution < -0.4 is 5.32 Å². The number of rotatable bonds is 5. The molecule has 6 heteroatoms. The Kier molecular flexibility index (Phi) is 4.47. The maximum atomic E-state index is 12.0. The van der Waals surface area contributed by atoms with E-state index in [2.05, 4.69) is 33.7 Å². The van der Waals surface area contributed by atoms with Crippen molar-refractivity contribution in [1.82, 2.24) is 15.5 Å². The van der Waals surface area contributed by atoms with E-state index in [-0.39, 0.29) is 11.9 Å². The summed E-state index contributed by atoms with van der Waals surface area (Å²) in [7, 11) is 0. The lowest BCUT2D eigenvalue weighted by Crippen LogP contribution is -2.28. The molecule has 5 nitrogen and oxygen atoms in total. The van der Waals surface area contributed by atoms with E-state index >= 15 is 0 Å². The number of nitrogens with one attached hydrogen (secondary N) is 1. The number of carbonyl (C=O) groups excluding carboxylic acids is 1. The zero-order chi connectivity index (χ0) is 15.5. The van der Waals surface area contributed by atoms with Crippen LogP contribution in [0.2, 0.25) is 0 Å². The van der Waals surface area contributed by atoms with E-state index in [0.29, 0.717) is 17.5 Å². The van der Waals surface area contributed by atoms with Crippen molar-refractivity contribution < 1.29 is 9.32 Å². The summed E-state index contributed by atoms with van der Waals surface area (Å²) in [5, 5.41) is 6.61. The molecule has 1 N–H and O–H groups in total. The van der Waals surface area contributed by atoms with E-state index in [1.807, 2.05) is 6.92 Å². The van der Waals surface area contributed by atoms with Crippen molar-refractivity contribution in [2.24, 2.45) is 0 Å². The average molecular weight is 317 g/mol. The van der Waals surface area contributed by atoms with Crippen LogP contribution in [0.25, 0.3) is 0 Å². The zero-order valence-electron chi connectivity index (χ0n) is 12.8. The molecule has 1 aromatic carbocycles. The van der Waals surface area contributed by atoms with Gasteiger partial charge in [-0.1, -0.05) is 11.2 Å². The number of aromatic nitrogens is 2. The topological polar surface area (TPSA) is 68.0 Å². The number of nitrogens with zero attached hydrogens (tertiary/aromatic N) is 2. The van der Waals surface area contributed by atoms with Crippen LogP contribution in [0.4, 0.5) is 0 Å². The molecule has 1 amide bonds. The minimum absolute atomic E-state index is 0.0335. The van der Waals surface area contributed by atoms with E-state index in [1.54, 1.807) is 18.7 Å². The summed E-state index contributed by atoms with van der Waals surface area (Å²) >= 11 is 1.56. The highest BCUT2D eigenvalue weighted by molar-refractivity contribution is 8.00. The number of carbonyl (C=O) groups is 1. The summed E-state index contributed by atoms with van der Waals surface area (Å²) in [6.07, 6.45) is 3.58. The Labute approximate surface area is 133 Å². The summed E-state index contributed by atoms with van der Waals surface area (Å²) < 4.78 is 5.06. The van der Waals surface area contributed by atoms with Crippen molar-refractivity contribution in [3.05, 3.63) is 41.0 Å². The number of thioether (sulfide) groups is 1. The second-order valence-electron chi connectivity index (χ2n) is 5.54. The molecule has 1 aliphatic carbocycles. The second kappa shape index (κ2) is 6.52. The van der Waals surface area contributed by atoms with Crippen molar-refractivity contribution in [3.8, 4) is 0 Å². The fourth-order valence-corrected chi connectivity index (χ4v) is 3.39. The molecular formula is C16H19N3O2S. The molecule has 0 saturated carbocycles. The third kappa shape index (κ3) is 3.50. The van der Waals surface area contributed by atoms with Gasteiger partial charge in [0.1, 0.15) is 6.04 Å². The van der Waals surface area contributed by atoms with E-state index in [1.165, 1.54) is 24.0 Å². The molecule has 0 spiro atoms. The van der Waals surface area contributed by atoms with Crippen LogP contribution in [0.1, 0.15) is 42.2 Å². The van der Waals surface area contributed by atoms with Gasteiger partial charge >= 0.3 is 0 Å². The molecule has 1 aromatic heterocycles. The lowest BCUT2D eigenvalue weighted by molar-refractivity contribution is -0.119. The predicted octanol–water partition coefficient (Wildman–Crippen LogP) is 2.84. The number of hydrogen-bond acceptors (Lipinski definition) is 5. The summed E-state index contributed by atoms with van der Waals surface area (Å²) in [6.45, 7) is 3.59. The Morgan fingerprint density at radius 3 is 3.00 bits per heavy atom. The van der Waals surface area contributed by atoms with Gasteiger partial charge in [-0.3, -0.25) is 4.79 Å². The summed E-state index contributed by atoms with van der Waals surface area (Å²) in [6, 6.07) is 6.24. The van der Waals surface area contributed by atoms with Crippen LogP contribution in [0.3, 0.4) is 0 Å². The van der Waals surface area contributed by atoms with E-state index < -0.39 is 0 Å². The standard InChI is InChI=1S/C16H19N3O2S/c1-10(16-18-11(2)19-21-16)17-15(20)9-22-14-7-6-12-4-3-5-13(12)8-14/h6-8,10H,3-5,9H2,1-2H3,(H,17,20). The van der Waals surface area contributed by atoms with Crippen LogP contribution >= 0.6 is 11.8 Å². The first kappa shape index (κ1) is 15.1. The largest absolute Gasteiger partial charge is 0.344 e. The third-order valence-electron chi connectivity index (χ3n) is 3.73. The molecular weight excluding hydrogens is 298 g/mol. The highest BCUT2D eigenvalue weighted by Crippen LogP contribution is 2.27. The number of aryl methyl sites for hydroxylation is 3. The van der Waals surface area contributed by atoms with Gasteiger partial charge in [-0.2, -0.15) is 4.98 Å². The Hall–Kier alpha value is -1.82. The van der Waals surface area contributed by atoms with Crippen LogP contribution in [-0.4, -0.2) is 21.8 Å². The first-order valence-electron chi connectivity index (χ1n) is 7.46. The van der Waals surface area contributed by atoms with Gasteiger partial charge in [-0.25, -0.2) is 0 Å². The third-order valence-corrected chi connectivity index (χ3v) is 4.72. The van der Waals surface area contributed by atoms with Gasteiger partial charge in [0, 0.05) is 4.90 Å². The van der Waals surface area contributed by atoms with Gasteiger partial charge in [0.15, 0.2) is 5.82 Å². The van der Waals surface area contributed by atoms with Crippen molar-refractivity contribution in [2.45, 2.75) is 44.0 Å². The maximum absolute atomic E-state index is 12.0. The zero-order valence-corrected chi connectivity index (χ0v) is 13.6. The molecule has 1 heterocycles. The molecule has 116 valence electrons. The smallest absolute Gasteiger partial charge is 0.248 e. The highest BCUT2D eigenvalue weighted by Gasteiger charge is 2.16. The van der Waals surface area contributed by atoms with Gasteiger partial charge in [-0.15, -0.1) is 11.8 Å². The van der Waals surface area contributed by atoms with Crippen LogP contribution in [0.5, 0.6) is 0 Å². The number of benzene rings is 1. The number of amides is 1. The fraction of sp³-hybridized carbons (Fsp3) is 0.438. The Bertz CT molecular complexity index is 684. The molecule has 3 rings (SSSR count). The van der Waals surface area contributed by atoms with E-state index in [4.69, 9.17) is 4.52 Å². The first-order chi connectivity index (χ1) is 10.6. The minimum atomic E-state index is -0.269. The van der Waals surface area contributed by atoms with Crippen molar-refractivity contribution >= 4 is 17.7 Å². The summed E-state index contributed by atoms with van der Waals surface area (Å²) in [5.41, 5.74) is 2.88. The molecule has 0 bridgehead atoms. The Morgan fingerprint density at radius 1 is 1.41 bits per heavy atom. The molecule has 1 unspecified atom stereocenters. The predicted molar refractivity (Wildman–Crippen MR) is 84.8 cm³/mol. The molecule has 0 saturated heterocycles. The Balaban J connectivity index is 1.52. The SMILES string of the molecule is Cc1noc(C(C)NC(=O)CSc2ccc3c(c2)CCC3)n1. The lowest BCUT2D eigenvalue weighted by Gasteiger charge is -2.10. The molecule has 0 radical (unpaired) electrons. The molecule has 0 fully saturated rings.